The summed E-state index contributed by atoms with van der Waals surface area (Å²) in [4.78, 5) is 25.6. The molecule has 3 aromatic rings. The summed E-state index contributed by atoms with van der Waals surface area (Å²) < 4.78 is 5.22. The van der Waals surface area contributed by atoms with Crippen LogP contribution in [-0.4, -0.2) is 22.5 Å². The number of benzene rings is 2. The quantitative estimate of drug-likeness (QED) is 0.287. The second-order valence-corrected chi connectivity index (χ2v) is 6.33. The van der Waals surface area contributed by atoms with Crippen LogP contribution in [0, 0.1) is 10.1 Å². The zero-order chi connectivity index (χ0) is 18.5. The average Bonchev–Trinajstić information content (AvgIpc) is 3.01. The Hall–Kier alpha value is -2.86. The maximum absolute atomic E-state index is 11.9. The molecule has 1 aromatic heterocycles. The third kappa shape index (κ3) is 4.21. The van der Waals surface area contributed by atoms with E-state index in [1.807, 2.05) is 24.4 Å². The van der Waals surface area contributed by atoms with Crippen molar-refractivity contribution in [2.45, 2.75) is 19.3 Å². The summed E-state index contributed by atoms with van der Waals surface area (Å²) in [6, 6.07) is 11.8. The number of rotatable bonds is 7. The fourth-order valence-corrected chi connectivity index (χ4v) is 3.02. The number of aromatic amines is 1. The van der Waals surface area contributed by atoms with E-state index in [1.165, 1.54) is 6.07 Å². The van der Waals surface area contributed by atoms with Gasteiger partial charge < -0.3 is 9.72 Å². The normalized spacial score (nSPS) is 10.8. The first kappa shape index (κ1) is 17.9. The molecule has 0 atom stereocenters. The number of para-hydroxylation sites is 1. The first-order chi connectivity index (χ1) is 12.5. The molecule has 134 valence electrons. The highest BCUT2D eigenvalue weighted by molar-refractivity contribution is 6.31. The van der Waals surface area contributed by atoms with Crippen LogP contribution in [0.2, 0.25) is 5.02 Å². The number of ether oxygens (including phenoxy) is 1. The second kappa shape index (κ2) is 8.01. The minimum atomic E-state index is -0.495. The third-order valence-electron chi connectivity index (χ3n) is 4.11. The number of halogens is 1. The van der Waals surface area contributed by atoms with Crippen molar-refractivity contribution in [1.82, 2.24) is 4.98 Å². The van der Waals surface area contributed by atoms with Gasteiger partial charge >= 0.3 is 5.97 Å². The molecule has 0 aliphatic carbocycles. The summed E-state index contributed by atoms with van der Waals surface area (Å²) in [5.41, 5.74) is 2.41. The minimum absolute atomic E-state index is 0.0693. The Kier molecular flexibility index (Phi) is 5.53. The lowest BCUT2D eigenvalue weighted by atomic mass is 10.1. The number of esters is 1. The van der Waals surface area contributed by atoms with E-state index >= 15 is 0 Å². The molecule has 0 aliphatic rings. The molecule has 7 heteroatoms. The summed E-state index contributed by atoms with van der Waals surface area (Å²) in [7, 11) is 0. The largest absolute Gasteiger partial charge is 0.465 e. The van der Waals surface area contributed by atoms with Crippen molar-refractivity contribution in [3.63, 3.8) is 0 Å². The van der Waals surface area contributed by atoms with Crippen molar-refractivity contribution < 1.29 is 14.5 Å². The predicted octanol–water partition coefficient (Wildman–Crippen LogP) is 4.45. The molecule has 0 radical (unpaired) electrons. The maximum atomic E-state index is 11.9. The van der Waals surface area contributed by atoms with E-state index in [2.05, 4.69) is 4.98 Å². The summed E-state index contributed by atoms with van der Waals surface area (Å²) in [5, 5.41) is 12.7. The van der Waals surface area contributed by atoms with Crippen molar-refractivity contribution in [2.75, 3.05) is 6.61 Å². The number of carbonyl (C=O) groups excluding carboxylic acids is 1. The van der Waals surface area contributed by atoms with E-state index in [1.54, 1.807) is 18.2 Å². The van der Waals surface area contributed by atoms with Gasteiger partial charge in [-0.15, -0.1) is 0 Å². The van der Waals surface area contributed by atoms with Gasteiger partial charge in [-0.3, -0.25) is 14.9 Å². The highest BCUT2D eigenvalue weighted by atomic mass is 35.5. The van der Waals surface area contributed by atoms with Gasteiger partial charge in [0.1, 0.15) is 0 Å². The van der Waals surface area contributed by atoms with E-state index in [9.17, 15) is 14.9 Å². The Morgan fingerprint density at radius 2 is 2.00 bits per heavy atom. The van der Waals surface area contributed by atoms with Crippen molar-refractivity contribution >= 4 is 34.2 Å². The Morgan fingerprint density at radius 1 is 1.19 bits per heavy atom. The minimum Gasteiger partial charge on any atom is -0.465 e. The molecule has 2 aromatic carbocycles. The number of aryl methyl sites for hydroxylation is 1. The molecule has 0 aliphatic heterocycles. The van der Waals surface area contributed by atoms with Gasteiger partial charge in [0, 0.05) is 33.8 Å². The van der Waals surface area contributed by atoms with E-state index in [4.69, 9.17) is 16.3 Å². The van der Waals surface area contributed by atoms with Gasteiger partial charge in [-0.05, 0) is 36.6 Å². The van der Waals surface area contributed by atoms with Crippen LogP contribution in [0.4, 0.5) is 5.69 Å². The van der Waals surface area contributed by atoms with Crippen molar-refractivity contribution in [3.8, 4) is 0 Å². The summed E-state index contributed by atoms with van der Waals surface area (Å²) in [6.07, 6.45) is 3.21. The molecule has 1 heterocycles. The number of hydrogen-bond acceptors (Lipinski definition) is 4. The van der Waals surface area contributed by atoms with Crippen LogP contribution in [0.25, 0.3) is 10.9 Å². The summed E-state index contributed by atoms with van der Waals surface area (Å²) >= 11 is 6.03. The topological polar surface area (TPSA) is 85.2 Å². The number of H-pyrrole nitrogens is 1. The Morgan fingerprint density at radius 3 is 2.81 bits per heavy atom. The second-order valence-electron chi connectivity index (χ2n) is 5.89. The van der Waals surface area contributed by atoms with Gasteiger partial charge in [-0.2, -0.15) is 0 Å². The first-order valence-electron chi connectivity index (χ1n) is 8.18. The van der Waals surface area contributed by atoms with Crippen LogP contribution in [0.5, 0.6) is 0 Å². The molecule has 0 unspecified atom stereocenters. The van der Waals surface area contributed by atoms with Crippen LogP contribution in [0.1, 0.15) is 17.5 Å². The monoisotopic (exact) mass is 372 g/mol. The van der Waals surface area contributed by atoms with Gasteiger partial charge in [0.05, 0.1) is 18.0 Å². The van der Waals surface area contributed by atoms with E-state index in [0.29, 0.717) is 17.0 Å². The van der Waals surface area contributed by atoms with E-state index in [0.717, 1.165) is 22.9 Å². The van der Waals surface area contributed by atoms with Crippen molar-refractivity contribution in [2.24, 2.45) is 0 Å². The van der Waals surface area contributed by atoms with Gasteiger partial charge in [0.2, 0.25) is 0 Å². The van der Waals surface area contributed by atoms with Gasteiger partial charge in [0.15, 0.2) is 0 Å². The van der Waals surface area contributed by atoms with E-state index < -0.39 is 10.9 Å². The predicted molar refractivity (Wildman–Crippen MR) is 99.4 cm³/mol. The van der Waals surface area contributed by atoms with Crippen LogP contribution >= 0.6 is 11.6 Å². The molecule has 0 spiro atoms. The van der Waals surface area contributed by atoms with E-state index in [-0.39, 0.29) is 18.7 Å². The lowest BCUT2D eigenvalue weighted by Crippen LogP contribution is -2.10. The number of nitrogens with one attached hydrogen (secondary N) is 1. The lowest BCUT2D eigenvalue weighted by Gasteiger charge is -2.05. The maximum Gasteiger partial charge on any atom is 0.310 e. The number of nitrogens with zero attached hydrogens (tertiary/aromatic N) is 1. The zero-order valence-corrected chi connectivity index (χ0v) is 14.7. The van der Waals surface area contributed by atoms with Gasteiger partial charge in [-0.1, -0.05) is 29.8 Å². The Balaban J connectivity index is 1.51. The number of hydrogen-bond donors (Lipinski definition) is 1. The fourth-order valence-electron chi connectivity index (χ4n) is 2.85. The molecule has 0 saturated heterocycles. The van der Waals surface area contributed by atoms with Crippen LogP contribution in [0.15, 0.2) is 48.7 Å². The number of fused-ring (bicyclic) bond motifs is 1. The molecule has 26 heavy (non-hydrogen) atoms. The highest BCUT2D eigenvalue weighted by Gasteiger charge is 2.16. The number of carbonyl (C=O) groups is 1. The molecule has 0 saturated carbocycles. The average molecular weight is 373 g/mol. The van der Waals surface area contributed by atoms with Crippen LogP contribution in [0.3, 0.4) is 0 Å². The van der Waals surface area contributed by atoms with Crippen LogP contribution < -0.4 is 0 Å². The molecular formula is C19H17ClN2O4. The molecule has 0 bridgehead atoms. The number of aromatic nitrogens is 1. The van der Waals surface area contributed by atoms with Gasteiger partial charge in [0.25, 0.3) is 5.69 Å². The van der Waals surface area contributed by atoms with Crippen LogP contribution in [-0.2, 0) is 22.4 Å². The van der Waals surface area contributed by atoms with Gasteiger partial charge in [-0.25, -0.2) is 0 Å². The zero-order valence-electron chi connectivity index (χ0n) is 13.9. The smallest absolute Gasteiger partial charge is 0.310 e. The van der Waals surface area contributed by atoms with Crippen molar-refractivity contribution in [1.29, 1.82) is 0 Å². The third-order valence-corrected chi connectivity index (χ3v) is 4.34. The Bertz CT molecular complexity index is 952. The standard InChI is InChI=1S/C19H17ClN2O4/c20-15-7-8-17-16(11-15)14(12-21-17)5-3-9-26-19(23)10-13-4-1-2-6-18(13)22(24)25/h1-2,4,6-8,11-12,21H,3,5,9-10H2. The van der Waals surface area contributed by atoms with Crippen molar-refractivity contribution in [3.05, 3.63) is 74.9 Å². The molecule has 3 rings (SSSR count). The highest BCUT2D eigenvalue weighted by Crippen LogP contribution is 2.23. The molecular weight excluding hydrogens is 356 g/mol. The first-order valence-corrected chi connectivity index (χ1v) is 8.56. The summed E-state index contributed by atoms with van der Waals surface area (Å²) in [5.74, 6) is -0.471. The lowest BCUT2D eigenvalue weighted by molar-refractivity contribution is -0.385. The molecule has 0 fully saturated rings. The summed E-state index contributed by atoms with van der Waals surface area (Å²) in [6.45, 7) is 0.257. The molecule has 0 amide bonds. The fraction of sp³-hybridized carbons (Fsp3) is 0.211. The number of nitro groups is 1. The SMILES string of the molecule is O=C(Cc1ccccc1[N+](=O)[O-])OCCCc1c[nH]c2ccc(Cl)cc12. The Labute approximate surface area is 154 Å². The number of nitro benzene ring substituents is 1. The molecule has 6 nitrogen and oxygen atoms in total. The molecule has 1 N–H and O–H groups in total.